The first-order valence-corrected chi connectivity index (χ1v) is 4.88. The summed E-state index contributed by atoms with van der Waals surface area (Å²) >= 11 is 0. The molecule has 0 unspecified atom stereocenters. The summed E-state index contributed by atoms with van der Waals surface area (Å²) in [7, 11) is 6.33. The summed E-state index contributed by atoms with van der Waals surface area (Å²) in [5.74, 6) is 0. The zero-order valence-electron chi connectivity index (χ0n) is 10.3. The molecule has 1 rings (SSSR count). The average molecular weight is 332 g/mol. The SMILES string of the molecule is Cc1cc([N+](C)(C)C)cc(C)c1C#[N+][O-].[I-]. The smallest absolute Gasteiger partial charge is 0.337 e. The van der Waals surface area contributed by atoms with Crippen LogP contribution in [-0.4, -0.2) is 21.1 Å². The Morgan fingerprint density at radius 3 is 1.88 bits per heavy atom. The van der Waals surface area contributed by atoms with Gasteiger partial charge in [0, 0.05) is 17.1 Å². The van der Waals surface area contributed by atoms with Crippen LogP contribution in [0.25, 0.3) is 5.01 Å². The molecule has 0 spiro atoms. The standard InChI is InChI=1S/C12H17N2O.HI/c1-9-6-11(14(3,4)5)7-10(2)12(9)8-13-15;/h6-7H,1-5H3;1H/q+1;/p-1. The van der Waals surface area contributed by atoms with E-state index in [2.05, 4.69) is 44.4 Å². The van der Waals surface area contributed by atoms with Crippen molar-refractivity contribution in [3.63, 3.8) is 0 Å². The predicted octanol–water partition coefficient (Wildman–Crippen LogP) is -0.317. The predicted molar refractivity (Wildman–Crippen MR) is 65.2 cm³/mol. The lowest BCUT2D eigenvalue weighted by Crippen LogP contribution is -3.00. The van der Waals surface area contributed by atoms with Gasteiger partial charge in [0.25, 0.3) is 0 Å². The van der Waals surface area contributed by atoms with Gasteiger partial charge in [-0.3, -0.25) is 4.48 Å². The molecule has 0 bridgehead atoms. The van der Waals surface area contributed by atoms with Gasteiger partial charge in [0.05, 0.1) is 21.1 Å². The summed E-state index contributed by atoms with van der Waals surface area (Å²) in [6, 6.07) is 6.63. The number of rotatable bonds is 1. The van der Waals surface area contributed by atoms with Crippen molar-refractivity contribution in [2.24, 2.45) is 0 Å². The fourth-order valence-electron chi connectivity index (χ4n) is 1.55. The van der Waals surface area contributed by atoms with Gasteiger partial charge in [-0.25, -0.2) is 0 Å². The van der Waals surface area contributed by atoms with E-state index in [0.717, 1.165) is 21.2 Å². The molecule has 0 saturated heterocycles. The van der Waals surface area contributed by atoms with E-state index < -0.39 is 0 Å². The molecule has 0 amide bonds. The Balaban J connectivity index is 0.00000225. The van der Waals surface area contributed by atoms with Crippen molar-refractivity contribution in [2.45, 2.75) is 13.8 Å². The third-order valence-corrected chi connectivity index (χ3v) is 2.45. The fraction of sp³-hybridized carbons (Fsp3) is 0.417. The maximum absolute atomic E-state index is 10.2. The van der Waals surface area contributed by atoms with Crippen LogP contribution in [0, 0.1) is 25.1 Å². The second-order valence-corrected chi connectivity index (χ2v) is 4.67. The Morgan fingerprint density at radius 1 is 1.12 bits per heavy atom. The summed E-state index contributed by atoms with van der Waals surface area (Å²) < 4.78 is 0.760. The van der Waals surface area contributed by atoms with E-state index in [1.807, 2.05) is 13.8 Å². The zero-order chi connectivity index (χ0) is 11.6. The summed E-state index contributed by atoms with van der Waals surface area (Å²) in [6.07, 6.45) is 0. The first kappa shape index (κ1) is 15.2. The zero-order valence-corrected chi connectivity index (χ0v) is 12.5. The lowest BCUT2D eigenvalue weighted by atomic mass is 10.0. The van der Waals surface area contributed by atoms with Gasteiger partial charge in [-0.05, 0) is 25.0 Å². The van der Waals surface area contributed by atoms with Gasteiger partial charge in [-0.1, -0.05) is 0 Å². The van der Waals surface area contributed by atoms with Crippen LogP contribution in [0.2, 0.25) is 0 Å². The number of quaternary nitrogens is 1. The number of halogens is 1. The molecule has 0 atom stereocenters. The summed E-state index contributed by atoms with van der Waals surface area (Å²) in [5.41, 5.74) is 4.10. The maximum atomic E-state index is 10.2. The molecule has 0 N–H and O–H groups in total. The van der Waals surface area contributed by atoms with Crippen LogP contribution < -0.4 is 28.5 Å². The Morgan fingerprint density at radius 2 is 1.56 bits per heavy atom. The minimum Gasteiger partial charge on any atom is -1.00 e. The molecule has 0 fully saturated rings. The average Bonchev–Trinajstić information content (AvgIpc) is 2.09. The number of hydrogen-bond donors (Lipinski definition) is 0. The lowest BCUT2D eigenvalue weighted by Gasteiger charge is -2.24. The second-order valence-electron chi connectivity index (χ2n) is 4.67. The van der Waals surface area contributed by atoms with E-state index in [9.17, 15) is 5.21 Å². The molecule has 0 aromatic heterocycles. The third-order valence-electron chi connectivity index (χ3n) is 2.45. The van der Waals surface area contributed by atoms with Crippen LogP contribution in [0.1, 0.15) is 16.7 Å². The molecule has 88 valence electrons. The van der Waals surface area contributed by atoms with Crippen LogP contribution in [0.15, 0.2) is 12.1 Å². The molecule has 0 radical (unpaired) electrons. The van der Waals surface area contributed by atoms with Crippen LogP contribution in [0.5, 0.6) is 0 Å². The van der Waals surface area contributed by atoms with Crippen molar-refractivity contribution in [1.29, 1.82) is 0 Å². The number of hydrogen-bond acceptors (Lipinski definition) is 1. The van der Waals surface area contributed by atoms with E-state index >= 15 is 0 Å². The molecule has 1 aromatic rings. The van der Waals surface area contributed by atoms with Crippen molar-refractivity contribution in [2.75, 3.05) is 21.1 Å². The van der Waals surface area contributed by atoms with Gasteiger partial charge in [-0.2, -0.15) is 0 Å². The van der Waals surface area contributed by atoms with E-state index in [1.54, 1.807) is 0 Å². The van der Waals surface area contributed by atoms with Crippen molar-refractivity contribution >= 4 is 5.69 Å². The van der Waals surface area contributed by atoms with E-state index in [0.29, 0.717) is 0 Å². The Bertz CT molecular complexity index is 416. The summed E-state index contributed by atoms with van der Waals surface area (Å²) in [6.45, 7) is 3.94. The molecule has 0 aliphatic rings. The molecule has 0 heterocycles. The first-order valence-electron chi connectivity index (χ1n) is 4.88. The van der Waals surface area contributed by atoms with E-state index in [1.165, 1.54) is 5.69 Å². The Labute approximate surface area is 114 Å². The van der Waals surface area contributed by atoms with Crippen molar-refractivity contribution < 1.29 is 24.0 Å². The molecule has 0 saturated carbocycles. The second kappa shape index (κ2) is 5.51. The van der Waals surface area contributed by atoms with Crippen molar-refractivity contribution in [3.8, 4) is 6.07 Å². The minimum atomic E-state index is 0. The van der Waals surface area contributed by atoms with Crippen molar-refractivity contribution in [1.82, 2.24) is 4.48 Å². The molecular weight excluding hydrogens is 315 g/mol. The van der Waals surface area contributed by atoms with Gasteiger partial charge >= 0.3 is 6.07 Å². The van der Waals surface area contributed by atoms with Gasteiger partial charge in [0.1, 0.15) is 11.3 Å². The highest BCUT2D eigenvalue weighted by Gasteiger charge is 2.16. The molecule has 16 heavy (non-hydrogen) atoms. The summed E-state index contributed by atoms with van der Waals surface area (Å²) in [5, 5.41) is 12.9. The van der Waals surface area contributed by atoms with Crippen LogP contribution in [0.3, 0.4) is 0 Å². The van der Waals surface area contributed by atoms with E-state index in [4.69, 9.17) is 0 Å². The van der Waals surface area contributed by atoms with Crippen LogP contribution in [-0.2, 0) is 0 Å². The normalized spacial score (nSPS) is 10.1. The topological polar surface area (TPSA) is 27.4 Å². The van der Waals surface area contributed by atoms with Gasteiger partial charge in [0.15, 0.2) is 0 Å². The van der Waals surface area contributed by atoms with Crippen LogP contribution in [0.4, 0.5) is 5.69 Å². The monoisotopic (exact) mass is 332 g/mol. The van der Waals surface area contributed by atoms with Gasteiger partial charge in [-0.15, -0.1) is 0 Å². The van der Waals surface area contributed by atoms with Gasteiger partial charge in [0.2, 0.25) is 0 Å². The van der Waals surface area contributed by atoms with Crippen LogP contribution >= 0.6 is 0 Å². The molecule has 4 heteroatoms. The summed E-state index contributed by atoms with van der Waals surface area (Å²) in [4.78, 5) is 0. The molecular formula is C12H17IN2O. The molecule has 0 aliphatic heterocycles. The quantitative estimate of drug-likeness (QED) is 0.394. The highest BCUT2D eigenvalue weighted by Crippen LogP contribution is 2.24. The largest absolute Gasteiger partial charge is 1.00 e. The molecule has 3 nitrogen and oxygen atoms in total. The van der Waals surface area contributed by atoms with Gasteiger partial charge < -0.3 is 29.2 Å². The maximum Gasteiger partial charge on any atom is 0.337 e. The molecule has 0 aliphatic carbocycles. The Kier molecular flexibility index (Phi) is 5.23. The number of benzene rings is 1. The molecule has 1 aromatic carbocycles. The highest BCUT2D eigenvalue weighted by molar-refractivity contribution is 5.55. The fourth-order valence-corrected chi connectivity index (χ4v) is 1.55. The van der Waals surface area contributed by atoms with Crippen molar-refractivity contribution in [3.05, 3.63) is 39.0 Å². The van der Waals surface area contributed by atoms with E-state index in [-0.39, 0.29) is 24.0 Å². The Hall–Kier alpha value is -0.800. The highest BCUT2D eigenvalue weighted by atomic mass is 127. The first-order chi connectivity index (χ1) is 6.86. The minimum absolute atomic E-state index is 0. The lowest BCUT2D eigenvalue weighted by molar-refractivity contribution is -0.00000350. The number of nitrogens with zero attached hydrogens (tertiary/aromatic N) is 2. The number of aryl methyl sites for hydroxylation is 2. The third kappa shape index (κ3) is 3.35.